The number of rotatable bonds is 1. The van der Waals surface area contributed by atoms with Crippen molar-refractivity contribution in [3.8, 4) is 6.07 Å². The average molecular weight is 224 g/mol. The fourth-order valence-electron chi connectivity index (χ4n) is 1.03. The molecule has 0 unspecified atom stereocenters. The van der Waals surface area contributed by atoms with Crippen molar-refractivity contribution in [3.05, 3.63) is 22.3 Å². The van der Waals surface area contributed by atoms with Gasteiger partial charge in [-0.05, 0) is 22.0 Å². The van der Waals surface area contributed by atoms with Crippen molar-refractivity contribution < 1.29 is 0 Å². The summed E-state index contributed by atoms with van der Waals surface area (Å²) in [6.07, 6.45) is 1.72. The van der Waals surface area contributed by atoms with E-state index >= 15 is 0 Å². The Kier molecular flexibility index (Phi) is 1.74. The van der Waals surface area contributed by atoms with Crippen LogP contribution < -0.4 is 4.90 Å². The number of halogens is 1. The van der Waals surface area contributed by atoms with E-state index in [0.29, 0.717) is 5.56 Å². The van der Waals surface area contributed by atoms with E-state index in [1.165, 1.54) is 0 Å². The first-order valence-corrected chi connectivity index (χ1v) is 4.41. The summed E-state index contributed by atoms with van der Waals surface area (Å²) in [6, 6.07) is 3.92. The van der Waals surface area contributed by atoms with Gasteiger partial charge in [-0.1, -0.05) is 0 Å². The molecule has 0 aliphatic carbocycles. The molecule has 0 spiro atoms. The standard InChI is InChI=1S/C8H6BrN3/c9-7-3-6(4-10)8(11-5-7)12-1-2-12/h3,5H,1-2H2. The van der Waals surface area contributed by atoms with Crippen LogP contribution in [0.5, 0.6) is 0 Å². The van der Waals surface area contributed by atoms with Gasteiger partial charge >= 0.3 is 0 Å². The molecule has 12 heavy (non-hydrogen) atoms. The number of aromatic nitrogens is 1. The zero-order valence-electron chi connectivity index (χ0n) is 6.29. The Balaban J connectivity index is 2.47. The van der Waals surface area contributed by atoms with Crippen LogP contribution in [0, 0.1) is 11.3 Å². The maximum atomic E-state index is 8.78. The lowest BCUT2D eigenvalue weighted by atomic mass is 10.3. The summed E-state index contributed by atoms with van der Waals surface area (Å²) >= 11 is 3.27. The molecule has 0 amide bonds. The van der Waals surface area contributed by atoms with Crippen LogP contribution in [-0.4, -0.2) is 18.1 Å². The number of nitriles is 1. The highest BCUT2D eigenvalue weighted by molar-refractivity contribution is 9.10. The molecule has 1 aliphatic heterocycles. The molecular formula is C8H6BrN3. The minimum absolute atomic E-state index is 0.641. The van der Waals surface area contributed by atoms with Crippen LogP contribution in [-0.2, 0) is 0 Å². The van der Waals surface area contributed by atoms with E-state index in [1.54, 1.807) is 12.3 Å². The first-order chi connectivity index (χ1) is 5.81. The van der Waals surface area contributed by atoms with Crippen LogP contribution in [0.1, 0.15) is 5.56 Å². The van der Waals surface area contributed by atoms with E-state index < -0.39 is 0 Å². The third-order valence-corrected chi connectivity index (χ3v) is 2.13. The lowest BCUT2D eigenvalue weighted by Crippen LogP contribution is -1.97. The largest absolute Gasteiger partial charge is 0.352 e. The quantitative estimate of drug-likeness (QED) is 0.679. The molecule has 60 valence electrons. The Morgan fingerprint density at radius 3 is 2.92 bits per heavy atom. The van der Waals surface area contributed by atoms with Crippen LogP contribution in [0.25, 0.3) is 0 Å². The highest BCUT2D eigenvalue weighted by Crippen LogP contribution is 2.24. The predicted molar refractivity (Wildman–Crippen MR) is 48.9 cm³/mol. The van der Waals surface area contributed by atoms with Crippen molar-refractivity contribution in [1.82, 2.24) is 4.98 Å². The minimum Gasteiger partial charge on any atom is -0.352 e. The third-order valence-electron chi connectivity index (χ3n) is 1.70. The van der Waals surface area contributed by atoms with E-state index in [1.807, 2.05) is 0 Å². The molecule has 4 heteroatoms. The summed E-state index contributed by atoms with van der Waals surface area (Å²) in [6.45, 7) is 2.03. The van der Waals surface area contributed by atoms with Crippen molar-refractivity contribution in [2.75, 3.05) is 18.0 Å². The lowest BCUT2D eigenvalue weighted by Gasteiger charge is -2.02. The molecule has 1 aromatic heterocycles. The van der Waals surface area contributed by atoms with E-state index in [0.717, 1.165) is 23.4 Å². The summed E-state index contributed by atoms with van der Waals surface area (Å²) in [7, 11) is 0. The Labute approximate surface area is 78.8 Å². The van der Waals surface area contributed by atoms with Crippen molar-refractivity contribution in [2.45, 2.75) is 0 Å². The van der Waals surface area contributed by atoms with Crippen molar-refractivity contribution in [1.29, 1.82) is 5.26 Å². The second-order valence-electron chi connectivity index (χ2n) is 2.62. The second-order valence-corrected chi connectivity index (χ2v) is 3.54. The van der Waals surface area contributed by atoms with E-state index in [-0.39, 0.29) is 0 Å². The van der Waals surface area contributed by atoms with Gasteiger partial charge in [0.05, 0.1) is 5.56 Å². The molecular weight excluding hydrogens is 218 g/mol. The molecule has 1 aliphatic rings. The van der Waals surface area contributed by atoms with E-state index in [2.05, 4.69) is 31.9 Å². The van der Waals surface area contributed by atoms with Crippen LogP contribution in [0.3, 0.4) is 0 Å². The Morgan fingerprint density at radius 1 is 1.58 bits per heavy atom. The molecule has 0 saturated carbocycles. The second kappa shape index (κ2) is 2.76. The van der Waals surface area contributed by atoms with Crippen molar-refractivity contribution in [2.24, 2.45) is 0 Å². The van der Waals surface area contributed by atoms with Gasteiger partial charge in [0.1, 0.15) is 11.9 Å². The van der Waals surface area contributed by atoms with Gasteiger partial charge in [-0.3, -0.25) is 0 Å². The molecule has 1 aromatic rings. The average Bonchev–Trinajstić information content (AvgIpc) is 2.87. The molecule has 0 aromatic carbocycles. The summed E-state index contributed by atoms with van der Waals surface area (Å²) in [5.74, 6) is 0.806. The highest BCUT2D eigenvalue weighted by atomic mass is 79.9. The zero-order chi connectivity index (χ0) is 8.55. The molecule has 0 radical (unpaired) electrons. The lowest BCUT2D eigenvalue weighted by molar-refractivity contribution is 1.20. The monoisotopic (exact) mass is 223 g/mol. The van der Waals surface area contributed by atoms with Gasteiger partial charge in [0.25, 0.3) is 0 Å². The molecule has 1 fully saturated rings. The molecule has 2 rings (SSSR count). The van der Waals surface area contributed by atoms with Crippen molar-refractivity contribution in [3.63, 3.8) is 0 Å². The van der Waals surface area contributed by atoms with Gasteiger partial charge in [0.15, 0.2) is 0 Å². The smallest absolute Gasteiger partial charge is 0.146 e. The summed E-state index contributed by atoms with van der Waals surface area (Å²) < 4.78 is 0.852. The normalized spacial score (nSPS) is 14.2. The summed E-state index contributed by atoms with van der Waals surface area (Å²) in [5, 5.41) is 8.78. The van der Waals surface area contributed by atoms with Crippen LogP contribution in [0.2, 0.25) is 0 Å². The van der Waals surface area contributed by atoms with Gasteiger partial charge in [-0.25, -0.2) is 4.98 Å². The fraction of sp³-hybridized carbons (Fsp3) is 0.250. The first-order valence-electron chi connectivity index (χ1n) is 3.62. The molecule has 0 atom stereocenters. The summed E-state index contributed by atoms with van der Waals surface area (Å²) in [4.78, 5) is 6.23. The molecule has 2 heterocycles. The van der Waals surface area contributed by atoms with E-state index in [9.17, 15) is 0 Å². The molecule has 3 nitrogen and oxygen atoms in total. The van der Waals surface area contributed by atoms with Crippen LogP contribution in [0.4, 0.5) is 5.82 Å². The van der Waals surface area contributed by atoms with Gasteiger partial charge in [-0.15, -0.1) is 0 Å². The van der Waals surface area contributed by atoms with Gasteiger partial charge in [0.2, 0.25) is 0 Å². The van der Waals surface area contributed by atoms with Gasteiger partial charge < -0.3 is 4.90 Å². The number of hydrogen-bond donors (Lipinski definition) is 0. The highest BCUT2D eigenvalue weighted by Gasteiger charge is 2.22. The third kappa shape index (κ3) is 1.28. The maximum Gasteiger partial charge on any atom is 0.146 e. The minimum atomic E-state index is 0.641. The Morgan fingerprint density at radius 2 is 2.33 bits per heavy atom. The Bertz CT molecular complexity index is 352. The summed E-state index contributed by atoms with van der Waals surface area (Å²) in [5.41, 5.74) is 0.641. The SMILES string of the molecule is N#Cc1cc(Br)cnc1N1CC1. The first kappa shape index (κ1) is 7.56. The van der Waals surface area contributed by atoms with E-state index in [4.69, 9.17) is 5.26 Å². The molecule has 0 N–H and O–H groups in total. The number of hydrogen-bond acceptors (Lipinski definition) is 3. The molecule has 1 saturated heterocycles. The van der Waals surface area contributed by atoms with Crippen LogP contribution in [0.15, 0.2) is 16.7 Å². The number of anilines is 1. The van der Waals surface area contributed by atoms with Crippen molar-refractivity contribution >= 4 is 21.7 Å². The fourth-order valence-corrected chi connectivity index (χ4v) is 1.36. The number of nitrogens with zero attached hydrogens (tertiary/aromatic N) is 3. The zero-order valence-corrected chi connectivity index (χ0v) is 7.87. The number of pyridine rings is 1. The molecule has 0 bridgehead atoms. The Hall–Kier alpha value is -1.08. The topological polar surface area (TPSA) is 39.7 Å². The predicted octanol–water partition coefficient (Wildman–Crippen LogP) is 1.54. The maximum absolute atomic E-state index is 8.78. The van der Waals surface area contributed by atoms with Gasteiger partial charge in [0, 0.05) is 23.8 Å². The van der Waals surface area contributed by atoms with Gasteiger partial charge in [-0.2, -0.15) is 5.26 Å². The van der Waals surface area contributed by atoms with Crippen LogP contribution >= 0.6 is 15.9 Å².